The lowest BCUT2D eigenvalue weighted by Crippen LogP contribution is -2.49. The number of nitrogens with one attached hydrogen (secondary N) is 2. The van der Waals surface area contributed by atoms with Gasteiger partial charge in [-0.15, -0.1) is 11.3 Å². The first-order valence-electron chi connectivity index (χ1n) is 8.48. The van der Waals surface area contributed by atoms with Crippen LogP contribution in [0.25, 0.3) is 0 Å². The molecule has 2 N–H and O–H groups in total. The number of likely N-dealkylation sites (N-methyl/N-ethyl adjacent to an activating group) is 1. The Bertz CT molecular complexity index is 592. The van der Waals surface area contributed by atoms with Crippen molar-refractivity contribution in [3.63, 3.8) is 0 Å². The summed E-state index contributed by atoms with van der Waals surface area (Å²) in [5.74, 6) is 0.730. The predicted molar refractivity (Wildman–Crippen MR) is 101 cm³/mol. The van der Waals surface area contributed by atoms with Gasteiger partial charge in [-0.25, -0.2) is 4.99 Å². The molecule has 1 aliphatic heterocycles. The molecule has 8 heteroatoms. The Labute approximate surface area is 153 Å². The number of piperidine rings is 1. The number of amides is 2. The fourth-order valence-electron chi connectivity index (χ4n) is 2.56. The van der Waals surface area contributed by atoms with Gasteiger partial charge in [-0.2, -0.15) is 0 Å². The van der Waals surface area contributed by atoms with E-state index in [9.17, 15) is 9.59 Å². The largest absolute Gasteiger partial charge is 0.354 e. The number of carbonyl (C=O) groups excluding carboxylic acids is 2. The highest BCUT2D eigenvalue weighted by Gasteiger charge is 2.21. The second-order valence-electron chi connectivity index (χ2n) is 6.31. The molecule has 0 radical (unpaired) electrons. The molecule has 25 heavy (non-hydrogen) atoms. The van der Waals surface area contributed by atoms with Gasteiger partial charge in [-0.05, 0) is 24.3 Å². The maximum absolute atomic E-state index is 11.8. The summed E-state index contributed by atoms with van der Waals surface area (Å²) < 4.78 is 0. The molecule has 0 unspecified atom stereocenters. The minimum atomic E-state index is -0.0383. The average Bonchev–Trinajstić information content (AvgIpc) is 3.10. The molecular formula is C17H27N5O2S. The number of guanidine groups is 1. The first-order valence-corrected chi connectivity index (χ1v) is 9.36. The molecule has 0 aromatic carbocycles. The van der Waals surface area contributed by atoms with Crippen LogP contribution in [0.4, 0.5) is 0 Å². The Morgan fingerprint density at radius 3 is 2.64 bits per heavy atom. The summed E-state index contributed by atoms with van der Waals surface area (Å²) in [6.07, 6.45) is 1.75. The molecular weight excluding hydrogens is 338 g/mol. The predicted octanol–water partition coefficient (Wildman–Crippen LogP) is 0.882. The SMILES string of the molecule is CC(=O)N1CCC(NC(=NCC(=O)N(C)C)NCc2cccs2)CC1. The Balaban J connectivity index is 1.92. The van der Waals surface area contributed by atoms with Gasteiger partial charge in [0.15, 0.2) is 5.96 Å². The minimum Gasteiger partial charge on any atom is -0.354 e. The van der Waals surface area contributed by atoms with Crippen molar-refractivity contribution in [3.05, 3.63) is 22.4 Å². The molecule has 0 spiro atoms. The lowest BCUT2D eigenvalue weighted by Gasteiger charge is -2.32. The van der Waals surface area contributed by atoms with Crippen LogP contribution in [0.2, 0.25) is 0 Å². The number of thiophene rings is 1. The van der Waals surface area contributed by atoms with Gasteiger partial charge in [-0.1, -0.05) is 6.07 Å². The van der Waals surface area contributed by atoms with Gasteiger partial charge in [0.1, 0.15) is 6.54 Å². The molecule has 2 heterocycles. The van der Waals surface area contributed by atoms with E-state index >= 15 is 0 Å². The molecule has 2 rings (SSSR count). The van der Waals surface area contributed by atoms with E-state index in [2.05, 4.69) is 21.7 Å². The van der Waals surface area contributed by atoms with Crippen LogP contribution in [-0.2, 0) is 16.1 Å². The first-order chi connectivity index (χ1) is 12.0. The molecule has 138 valence electrons. The van der Waals surface area contributed by atoms with Crippen LogP contribution < -0.4 is 10.6 Å². The molecule has 1 aromatic rings. The van der Waals surface area contributed by atoms with E-state index in [0.29, 0.717) is 12.5 Å². The quantitative estimate of drug-likeness (QED) is 0.600. The van der Waals surface area contributed by atoms with E-state index in [-0.39, 0.29) is 24.4 Å². The van der Waals surface area contributed by atoms with Gasteiger partial charge in [-0.3, -0.25) is 9.59 Å². The molecule has 1 aromatic heterocycles. The number of carbonyl (C=O) groups is 2. The van der Waals surface area contributed by atoms with E-state index in [0.717, 1.165) is 25.9 Å². The van der Waals surface area contributed by atoms with Crippen molar-refractivity contribution in [2.75, 3.05) is 33.7 Å². The normalized spacial score (nSPS) is 15.8. The standard InChI is InChI=1S/C17H27N5O2S/c1-13(23)22-8-6-14(7-9-22)20-17(19-12-16(24)21(2)3)18-11-15-5-4-10-25-15/h4-5,10,14H,6-9,11-12H2,1-3H3,(H2,18,19,20). The number of aliphatic imine (C=N–C) groups is 1. The zero-order valence-electron chi connectivity index (χ0n) is 15.1. The molecule has 0 saturated carbocycles. The number of rotatable bonds is 5. The average molecular weight is 366 g/mol. The lowest BCUT2D eigenvalue weighted by molar-refractivity contribution is -0.130. The van der Waals surface area contributed by atoms with Crippen molar-refractivity contribution < 1.29 is 9.59 Å². The molecule has 1 aliphatic rings. The van der Waals surface area contributed by atoms with E-state index in [1.807, 2.05) is 16.3 Å². The number of likely N-dealkylation sites (tertiary alicyclic amines) is 1. The van der Waals surface area contributed by atoms with Gasteiger partial charge in [0.2, 0.25) is 11.8 Å². The number of hydrogen-bond donors (Lipinski definition) is 2. The molecule has 0 bridgehead atoms. The highest BCUT2D eigenvalue weighted by molar-refractivity contribution is 7.09. The summed E-state index contributed by atoms with van der Waals surface area (Å²) >= 11 is 1.68. The minimum absolute atomic E-state index is 0.0383. The number of nitrogens with zero attached hydrogens (tertiary/aromatic N) is 3. The monoisotopic (exact) mass is 365 g/mol. The summed E-state index contributed by atoms with van der Waals surface area (Å²) in [4.78, 5) is 32.3. The third-order valence-corrected chi connectivity index (χ3v) is 5.04. The number of hydrogen-bond acceptors (Lipinski definition) is 4. The highest BCUT2D eigenvalue weighted by atomic mass is 32.1. The zero-order chi connectivity index (χ0) is 18.2. The van der Waals surface area contributed by atoms with Crippen LogP contribution in [0.15, 0.2) is 22.5 Å². The van der Waals surface area contributed by atoms with Crippen LogP contribution in [-0.4, -0.2) is 67.3 Å². The van der Waals surface area contributed by atoms with Crippen LogP contribution in [0, 0.1) is 0 Å². The molecule has 2 amide bonds. The molecule has 0 atom stereocenters. The summed E-state index contributed by atoms with van der Waals surface area (Å²) in [7, 11) is 3.45. The van der Waals surface area contributed by atoms with Crippen LogP contribution in [0.5, 0.6) is 0 Å². The third kappa shape index (κ3) is 6.38. The van der Waals surface area contributed by atoms with Crippen molar-refractivity contribution in [1.29, 1.82) is 0 Å². The lowest BCUT2D eigenvalue weighted by atomic mass is 10.1. The maximum atomic E-state index is 11.8. The van der Waals surface area contributed by atoms with Crippen LogP contribution in [0.3, 0.4) is 0 Å². The highest BCUT2D eigenvalue weighted by Crippen LogP contribution is 2.11. The molecule has 7 nitrogen and oxygen atoms in total. The fraction of sp³-hybridized carbons (Fsp3) is 0.588. The van der Waals surface area contributed by atoms with Gasteiger partial charge in [0.05, 0.1) is 6.54 Å². The van der Waals surface area contributed by atoms with Gasteiger partial charge in [0.25, 0.3) is 0 Å². The topological polar surface area (TPSA) is 77.0 Å². The van der Waals surface area contributed by atoms with Gasteiger partial charge in [0, 0.05) is 45.0 Å². The Kier molecular flexibility index (Phi) is 7.24. The van der Waals surface area contributed by atoms with E-state index in [1.54, 1.807) is 32.4 Å². The Hall–Kier alpha value is -2.09. The summed E-state index contributed by atoms with van der Waals surface area (Å²) in [5.41, 5.74) is 0. The van der Waals surface area contributed by atoms with Crippen LogP contribution >= 0.6 is 11.3 Å². The summed E-state index contributed by atoms with van der Waals surface area (Å²) in [6, 6.07) is 4.32. The van der Waals surface area contributed by atoms with Crippen molar-refractivity contribution in [1.82, 2.24) is 20.4 Å². The van der Waals surface area contributed by atoms with Crippen molar-refractivity contribution in [2.45, 2.75) is 32.4 Å². The fourth-order valence-corrected chi connectivity index (χ4v) is 3.20. The summed E-state index contributed by atoms with van der Waals surface area (Å²) in [6.45, 7) is 3.89. The van der Waals surface area contributed by atoms with Gasteiger partial charge < -0.3 is 20.4 Å². The van der Waals surface area contributed by atoms with E-state index < -0.39 is 0 Å². The maximum Gasteiger partial charge on any atom is 0.243 e. The Morgan fingerprint density at radius 1 is 1.36 bits per heavy atom. The molecule has 1 fully saturated rings. The second kappa shape index (κ2) is 9.41. The zero-order valence-corrected chi connectivity index (χ0v) is 15.9. The molecule has 1 saturated heterocycles. The van der Waals surface area contributed by atoms with Crippen molar-refractivity contribution in [2.24, 2.45) is 4.99 Å². The second-order valence-corrected chi connectivity index (χ2v) is 7.34. The van der Waals surface area contributed by atoms with Crippen molar-refractivity contribution in [3.8, 4) is 0 Å². The van der Waals surface area contributed by atoms with Gasteiger partial charge >= 0.3 is 0 Å². The first kappa shape index (κ1) is 19.2. The van der Waals surface area contributed by atoms with Crippen LogP contribution in [0.1, 0.15) is 24.6 Å². The van der Waals surface area contributed by atoms with E-state index in [1.165, 1.54) is 9.78 Å². The van der Waals surface area contributed by atoms with E-state index in [4.69, 9.17) is 0 Å². The molecule has 0 aliphatic carbocycles. The smallest absolute Gasteiger partial charge is 0.243 e. The Morgan fingerprint density at radius 2 is 2.08 bits per heavy atom. The third-order valence-electron chi connectivity index (χ3n) is 4.16. The summed E-state index contributed by atoms with van der Waals surface area (Å²) in [5, 5.41) is 8.74. The van der Waals surface area contributed by atoms with Crippen molar-refractivity contribution >= 4 is 29.1 Å².